The average Bonchev–Trinajstić information content (AvgIpc) is 3.31. The topological polar surface area (TPSA) is 105 Å². The summed E-state index contributed by atoms with van der Waals surface area (Å²) in [4.78, 5) is 23.3. The van der Waals surface area contributed by atoms with Gasteiger partial charge in [-0.25, -0.2) is 4.57 Å². The van der Waals surface area contributed by atoms with Crippen molar-refractivity contribution in [2.45, 2.75) is 251 Å². The van der Waals surface area contributed by atoms with Crippen LogP contribution >= 0.6 is 7.82 Å². The molecule has 0 saturated heterocycles. The van der Waals surface area contributed by atoms with Crippen molar-refractivity contribution in [3.05, 3.63) is 85.1 Å². The highest BCUT2D eigenvalue weighted by atomic mass is 31.2. The molecule has 0 aliphatic heterocycles. The van der Waals surface area contributed by atoms with Gasteiger partial charge in [0.1, 0.15) is 13.2 Å². The number of nitrogens with zero attached hydrogens (tertiary/aromatic N) is 1. The maximum atomic E-state index is 13.0. The molecule has 8 nitrogen and oxygen atoms in total. The highest BCUT2D eigenvalue weighted by Gasteiger charge is 2.27. The Balaban J connectivity index is 4.17. The summed E-state index contributed by atoms with van der Waals surface area (Å²) in [6.07, 6.45) is 71.0. The van der Waals surface area contributed by atoms with E-state index in [-0.39, 0.29) is 19.1 Å². The third-order valence-electron chi connectivity index (χ3n) is 12.4. The Kier molecular flexibility index (Phi) is 48.9. The number of likely N-dealkylation sites (N-methyl/N-ethyl adjacent to an activating group) is 1. The van der Waals surface area contributed by atoms with Crippen LogP contribution in [0.15, 0.2) is 85.1 Å². The molecule has 3 unspecified atom stereocenters. The van der Waals surface area contributed by atoms with E-state index in [1.807, 2.05) is 27.2 Å². The smallest absolute Gasteiger partial charge is 0.387 e. The minimum atomic E-state index is -4.35. The molecule has 1 amide bonds. The highest BCUT2D eigenvalue weighted by Crippen LogP contribution is 2.43. The molecule has 0 aliphatic carbocycles. The van der Waals surface area contributed by atoms with Crippen LogP contribution < -0.4 is 5.32 Å². The van der Waals surface area contributed by atoms with E-state index in [0.717, 1.165) is 77.0 Å². The summed E-state index contributed by atoms with van der Waals surface area (Å²) in [6.45, 7) is 4.71. The van der Waals surface area contributed by atoms with Gasteiger partial charge in [0.15, 0.2) is 0 Å². The van der Waals surface area contributed by atoms with E-state index in [4.69, 9.17) is 9.05 Å². The van der Waals surface area contributed by atoms with Crippen molar-refractivity contribution >= 4 is 13.7 Å². The molecule has 0 aliphatic rings. The van der Waals surface area contributed by atoms with E-state index in [0.29, 0.717) is 17.4 Å². The van der Waals surface area contributed by atoms with Crippen LogP contribution in [0.4, 0.5) is 0 Å². The van der Waals surface area contributed by atoms with E-state index in [9.17, 15) is 19.4 Å². The number of allylic oxidation sites excluding steroid dienone is 13. The van der Waals surface area contributed by atoms with Gasteiger partial charge in [-0.15, -0.1) is 0 Å². The van der Waals surface area contributed by atoms with E-state index >= 15 is 0 Å². The van der Waals surface area contributed by atoms with Crippen molar-refractivity contribution in [1.29, 1.82) is 0 Å². The lowest BCUT2D eigenvalue weighted by molar-refractivity contribution is -0.870. The largest absolute Gasteiger partial charge is 0.472 e. The number of rotatable bonds is 51. The Bertz CT molecular complexity index is 1400. The van der Waals surface area contributed by atoms with Gasteiger partial charge in [0.25, 0.3) is 0 Å². The first-order valence-electron chi connectivity index (χ1n) is 28.5. The van der Waals surface area contributed by atoms with Crippen LogP contribution in [0.5, 0.6) is 0 Å². The van der Waals surface area contributed by atoms with Gasteiger partial charge < -0.3 is 19.8 Å². The second-order valence-corrected chi connectivity index (χ2v) is 21.7. The standard InChI is InChI=1S/C60H109N2O6P/c1-6-8-10-12-14-16-18-20-22-24-25-26-27-28-29-30-31-32-33-34-35-36-37-38-40-42-44-46-48-50-52-54-60(64)61-58(57-68-69(65,66)67-56-55-62(3,4)5)59(63)53-51-49-47-45-43-41-39-23-21-19-17-15-13-11-9-7-2/h8,10,14,16,20,22,25-26,28-29,31-32,51,53,58-59,63H,6-7,9,11-13,15,17-19,21,23-24,27,30,33-50,52,54-57H2,1-5H3,(H-,61,64,65,66)/p+1/b10-8-,16-14-,22-20-,26-25-,29-28-,32-31-,53-51+. The van der Waals surface area contributed by atoms with Gasteiger partial charge in [-0.3, -0.25) is 13.8 Å². The fourth-order valence-electron chi connectivity index (χ4n) is 7.93. The molecule has 0 aromatic rings. The number of quaternary nitrogens is 1. The van der Waals surface area contributed by atoms with Gasteiger partial charge >= 0.3 is 7.82 Å². The second kappa shape index (κ2) is 50.6. The quantitative estimate of drug-likeness (QED) is 0.0243. The number of aliphatic hydroxyl groups is 1. The molecule has 0 spiro atoms. The fraction of sp³-hybridized carbons (Fsp3) is 0.750. The first kappa shape index (κ1) is 66.7. The number of unbranched alkanes of at least 4 members (excludes halogenated alkanes) is 26. The number of hydrogen-bond acceptors (Lipinski definition) is 5. The molecule has 0 rings (SSSR count). The number of nitrogens with one attached hydrogen (secondary N) is 1. The molecule has 0 aromatic carbocycles. The summed E-state index contributed by atoms with van der Waals surface area (Å²) < 4.78 is 23.7. The molecule has 0 fully saturated rings. The molecule has 69 heavy (non-hydrogen) atoms. The molecule has 0 saturated carbocycles. The molecular weight excluding hydrogens is 876 g/mol. The van der Waals surface area contributed by atoms with Gasteiger partial charge in [0.2, 0.25) is 5.91 Å². The van der Waals surface area contributed by atoms with Crippen LogP contribution in [-0.4, -0.2) is 73.4 Å². The molecule has 0 aromatic heterocycles. The highest BCUT2D eigenvalue weighted by molar-refractivity contribution is 7.47. The van der Waals surface area contributed by atoms with E-state index < -0.39 is 20.0 Å². The van der Waals surface area contributed by atoms with Crippen LogP contribution in [-0.2, 0) is 18.4 Å². The number of aliphatic hydroxyl groups excluding tert-OH is 1. The minimum absolute atomic E-state index is 0.0583. The summed E-state index contributed by atoms with van der Waals surface area (Å²) in [7, 11) is 1.57. The molecular formula is C60H110N2O6P+. The van der Waals surface area contributed by atoms with E-state index in [1.165, 1.54) is 141 Å². The fourth-order valence-corrected chi connectivity index (χ4v) is 8.66. The Hall–Kier alpha value is -2.32. The summed E-state index contributed by atoms with van der Waals surface area (Å²) in [5.74, 6) is -0.181. The monoisotopic (exact) mass is 986 g/mol. The summed E-state index contributed by atoms with van der Waals surface area (Å²) in [6, 6.07) is -0.852. The number of carbonyl (C=O) groups excluding carboxylic acids is 1. The first-order valence-corrected chi connectivity index (χ1v) is 30.0. The third kappa shape index (κ3) is 53.3. The Morgan fingerprint density at radius 2 is 0.870 bits per heavy atom. The van der Waals surface area contributed by atoms with Crippen LogP contribution in [0.25, 0.3) is 0 Å². The SMILES string of the molecule is CC/C=C\C/C=C\C/C=C\C/C=C\C/C=C\C/C=C\CCCCCCCCCCCCCCC(=O)NC(COP(=O)(O)OCC[N+](C)(C)C)C(O)/C=C/CCCCCCCCCCCCCCCC. The first-order chi connectivity index (χ1) is 33.5. The second-order valence-electron chi connectivity index (χ2n) is 20.3. The number of phosphoric ester groups is 1. The van der Waals surface area contributed by atoms with Crippen molar-refractivity contribution in [2.75, 3.05) is 40.9 Å². The van der Waals surface area contributed by atoms with Crippen molar-refractivity contribution in [3.63, 3.8) is 0 Å². The van der Waals surface area contributed by atoms with Gasteiger partial charge in [-0.05, 0) is 70.6 Å². The number of phosphoric acid groups is 1. The van der Waals surface area contributed by atoms with Crippen LogP contribution in [0.3, 0.4) is 0 Å². The van der Waals surface area contributed by atoms with Crippen molar-refractivity contribution in [1.82, 2.24) is 5.32 Å². The Labute approximate surface area is 426 Å². The normalized spacial score (nSPS) is 14.6. The maximum Gasteiger partial charge on any atom is 0.472 e. The third-order valence-corrected chi connectivity index (χ3v) is 13.4. The van der Waals surface area contributed by atoms with Crippen LogP contribution in [0, 0.1) is 0 Å². The lowest BCUT2D eigenvalue weighted by Crippen LogP contribution is -2.45. The summed E-state index contributed by atoms with van der Waals surface area (Å²) in [5.41, 5.74) is 0. The summed E-state index contributed by atoms with van der Waals surface area (Å²) in [5, 5.41) is 13.9. The Morgan fingerprint density at radius 3 is 1.28 bits per heavy atom. The van der Waals surface area contributed by atoms with Crippen LogP contribution in [0.2, 0.25) is 0 Å². The van der Waals surface area contributed by atoms with E-state index in [2.05, 4.69) is 92.1 Å². The summed E-state index contributed by atoms with van der Waals surface area (Å²) >= 11 is 0. The van der Waals surface area contributed by atoms with Crippen molar-refractivity contribution < 1.29 is 32.9 Å². The molecule has 3 N–H and O–H groups in total. The predicted octanol–water partition coefficient (Wildman–Crippen LogP) is 17.3. The lowest BCUT2D eigenvalue weighted by Gasteiger charge is -2.25. The lowest BCUT2D eigenvalue weighted by atomic mass is 10.0. The molecule has 400 valence electrons. The zero-order valence-electron chi connectivity index (χ0n) is 45.5. The molecule has 9 heteroatoms. The number of carbonyl (C=O) groups is 1. The minimum Gasteiger partial charge on any atom is -0.387 e. The van der Waals surface area contributed by atoms with Gasteiger partial charge in [-0.1, -0.05) is 247 Å². The van der Waals surface area contributed by atoms with Gasteiger partial charge in [0.05, 0.1) is 39.9 Å². The van der Waals surface area contributed by atoms with Crippen molar-refractivity contribution in [3.8, 4) is 0 Å². The number of hydrogen-bond donors (Lipinski definition) is 3. The molecule has 3 atom stereocenters. The molecule has 0 bridgehead atoms. The van der Waals surface area contributed by atoms with E-state index in [1.54, 1.807) is 6.08 Å². The van der Waals surface area contributed by atoms with Crippen molar-refractivity contribution in [2.24, 2.45) is 0 Å². The van der Waals surface area contributed by atoms with Gasteiger partial charge in [-0.2, -0.15) is 0 Å². The maximum absolute atomic E-state index is 13.0. The predicted molar refractivity (Wildman–Crippen MR) is 299 cm³/mol. The van der Waals surface area contributed by atoms with Gasteiger partial charge in [0, 0.05) is 6.42 Å². The zero-order valence-corrected chi connectivity index (χ0v) is 46.4. The molecule has 0 heterocycles. The Morgan fingerprint density at radius 1 is 0.507 bits per heavy atom. The zero-order chi connectivity index (χ0) is 50.6. The molecule has 0 radical (unpaired) electrons. The average molecular weight is 987 g/mol. The van der Waals surface area contributed by atoms with Crippen LogP contribution in [0.1, 0.15) is 239 Å². The number of amides is 1.